The van der Waals surface area contributed by atoms with E-state index in [0.29, 0.717) is 21.2 Å². The molecule has 2 rings (SSSR count). The maximum absolute atomic E-state index is 12.6. The molecule has 0 heterocycles. The Labute approximate surface area is 140 Å². The van der Waals surface area contributed by atoms with E-state index in [1.165, 1.54) is 0 Å². The molecule has 1 unspecified atom stereocenters. The molecule has 0 amide bonds. The fourth-order valence-electron chi connectivity index (χ4n) is 1.86. The van der Waals surface area contributed by atoms with Crippen molar-refractivity contribution in [3.05, 3.63) is 67.2 Å². The number of nitrogens with zero attached hydrogens (tertiary/aromatic N) is 1. The Hall–Kier alpha value is -1.09. The van der Waals surface area contributed by atoms with Crippen LogP contribution in [0.4, 0.5) is 0 Å². The lowest BCUT2D eigenvalue weighted by molar-refractivity contribution is 0.0978. The normalized spacial score (nSPS) is 11.7. The average Bonchev–Trinajstić information content (AvgIpc) is 2.43. The van der Waals surface area contributed by atoms with E-state index in [4.69, 9.17) is 23.2 Å². The van der Waals surface area contributed by atoms with E-state index in [0.717, 1.165) is 3.57 Å². The largest absolute Gasteiger partial charge is 0.292 e. The first kappa shape index (κ1) is 15.3. The summed E-state index contributed by atoms with van der Waals surface area (Å²) in [6, 6.07) is 14.0. The Kier molecular flexibility index (Phi) is 5.03. The third-order valence-corrected chi connectivity index (χ3v) is 4.42. The number of halogens is 3. The summed E-state index contributed by atoms with van der Waals surface area (Å²) < 4.78 is 0.790. The zero-order valence-corrected chi connectivity index (χ0v) is 13.8. The molecule has 20 heavy (non-hydrogen) atoms. The lowest BCUT2D eigenvalue weighted by atomic mass is 9.92. The van der Waals surface area contributed by atoms with Gasteiger partial charge in [0.25, 0.3) is 0 Å². The molecule has 0 fully saturated rings. The van der Waals surface area contributed by atoms with Crippen molar-refractivity contribution in [2.24, 2.45) is 0 Å². The zero-order valence-electron chi connectivity index (χ0n) is 10.1. The van der Waals surface area contributed by atoms with Crippen LogP contribution in [-0.4, -0.2) is 5.78 Å². The van der Waals surface area contributed by atoms with E-state index in [1.54, 1.807) is 30.3 Å². The molecule has 0 bridgehead atoms. The molecule has 0 aliphatic heterocycles. The third-order valence-electron chi connectivity index (χ3n) is 2.82. The predicted octanol–water partition coefficient (Wildman–Crippen LogP) is 5.09. The van der Waals surface area contributed by atoms with E-state index >= 15 is 0 Å². The Morgan fingerprint density at radius 3 is 2.25 bits per heavy atom. The summed E-state index contributed by atoms with van der Waals surface area (Å²) in [6.07, 6.45) is 0. The minimum Gasteiger partial charge on any atom is -0.292 e. The molecule has 2 aromatic rings. The van der Waals surface area contributed by atoms with Gasteiger partial charge in [0.15, 0.2) is 5.78 Å². The minimum absolute atomic E-state index is 0.299. The highest BCUT2D eigenvalue weighted by Crippen LogP contribution is 2.33. The first-order valence-electron chi connectivity index (χ1n) is 5.68. The summed E-state index contributed by atoms with van der Waals surface area (Å²) in [5.74, 6) is -1.31. The molecule has 0 spiro atoms. The van der Waals surface area contributed by atoms with Crippen LogP contribution in [0.15, 0.2) is 42.5 Å². The van der Waals surface area contributed by atoms with Crippen molar-refractivity contribution in [1.82, 2.24) is 0 Å². The molecule has 0 aromatic heterocycles. The van der Waals surface area contributed by atoms with Gasteiger partial charge in [-0.05, 0) is 40.8 Å². The summed E-state index contributed by atoms with van der Waals surface area (Å²) in [5.41, 5.74) is 0.860. The second-order valence-corrected chi connectivity index (χ2v) is 6.02. The number of carbonyl (C=O) groups is 1. The molecule has 0 N–H and O–H groups in total. The van der Waals surface area contributed by atoms with Crippen LogP contribution in [0.25, 0.3) is 0 Å². The van der Waals surface area contributed by atoms with Crippen molar-refractivity contribution in [3.63, 3.8) is 0 Å². The Balaban J connectivity index is 2.52. The van der Waals surface area contributed by atoms with Crippen molar-refractivity contribution in [1.29, 1.82) is 5.26 Å². The Bertz CT molecular complexity index is 689. The topological polar surface area (TPSA) is 40.9 Å². The number of hydrogen-bond donors (Lipinski definition) is 0. The van der Waals surface area contributed by atoms with Crippen LogP contribution in [0.2, 0.25) is 10.0 Å². The number of hydrogen-bond acceptors (Lipinski definition) is 2. The number of benzene rings is 2. The van der Waals surface area contributed by atoms with Gasteiger partial charge in [-0.3, -0.25) is 4.79 Å². The van der Waals surface area contributed by atoms with Gasteiger partial charge in [-0.15, -0.1) is 0 Å². The van der Waals surface area contributed by atoms with Gasteiger partial charge in [0.2, 0.25) is 0 Å². The second kappa shape index (κ2) is 6.57. The number of rotatable bonds is 3. The molecule has 0 aliphatic rings. The molecule has 0 radical (unpaired) electrons. The van der Waals surface area contributed by atoms with Crippen LogP contribution in [0.3, 0.4) is 0 Å². The lowest BCUT2D eigenvalue weighted by Gasteiger charge is -2.13. The van der Waals surface area contributed by atoms with Gasteiger partial charge in [-0.25, -0.2) is 0 Å². The van der Waals surface area contributed by atoms with Gasteiger partial charge in [0.05, 0.1) is 6.07 Å². The standard InChI is InChI=1S/C15H8Cl2INO/c16-11-5-3-6-12(17)14(11)10(8-19)15(20)9-4-1-2-7-13(9)18/h1-7,10H. The van der Waals surface area contributed by atoms with Crippen LogP contribution in [0.1, 0.15) is 21.8 Å². The van der Waals surface area contributed by atoms with E-state index in [1.807, 2.05) is 18.2 Å². The van der Waals surface area contributed by atoms with Gasteiger partial charge < -0.3 is 0 Å². The number of ketones is 1. The maximum Gasteiger partial charge on any atom is 0.185 e. The smallest absolute Gasteiger partial charge is 0.185 e. The van der Waals surface area contributed by atoms with E-state index in [-0.39, 0.29) is 5.78 Å². The van der Waals surface area contributed by atoms with Gasteiger partial charge in [-0.1, -0.05) is 47.5 Å². The van der Waals surface area contributed by atoms with E-state index < -0.39 is 5.92 Å². The van der Waals surface area contributed by atoms with Crippen molar-refractivity contribution in [2.45, 2.75) is 5.92 Å². The number of carbonyl (C=O) groups excluding carboxylic acids is 1. The third kappa shape index (κ3) is 2.98. The average molecular weight is 416 g/mol. The Morgan fingerprint density at radius 2 is 1.70 bits per heavy atom. The predicted molar refractivity (Wildman–Crippen MR) is 88.3 cm³/mol. The minimum atomic E-state index is -1.01. The van der Waals surface area contributed by atoms with E-state index in [2.05, 4.69) is 22.6 Å². The van der Waals surface area contributed by atoms with Crippen molar-refractivity contribution < 1.29 is 4.79 Å². The van der Waals surface area contributed by atoms with Crippen molar-refractivity contribution in [2.75, 3.05) is 0 Å². The van der Waals surface area contributed by atoms with Crippen LogP contribution >= 0.6 is 45.8 Å². The summed E-state index contributed by atoms with van der Waals surface area (Å²) in [5, 5.41) is 10.0. The molecular weight excluding hydrogens is 408 g/mol. The fourth-order valence-corrected chi connectivity index (χ4v) is 3.13. The number of nitriles is 1. The van der Waals surface area contributed by atoms with Crippen LogP contribution in [-0.2, 0) is 0 Å². The van der Waals surface area contributed by atoms with Gasteiger partial charge in [0, 0.05) is 24.7 Å². The molecule has 1 atom stereocenters. The molecule has 2 aromatic carbocycles. The highest BCUT2D eigenvalue weighted by atomic mass is 127. The first-order chi connectivity index (χ1) is 9.56. The maximum atomic E-state index is 12.6. The SMILES string of the molecule is N#CC(C(=O)c1ccccc1I)c1c(Cl)cccc1Cl. The molecule has 0 saturated carbocycles. The highest BCUT2D eigenvalue weighted by molar-refractivity contribution is 14.1. The lowest BCUT2D eigenvalue weighted by Crippen LogP contribution is -2.13. The van der Waals surface area contributed by atoms with Gasteiger partial charge in [0.1, 0.15) is 5.92 Å². The quantitative estimate of drug-likeness (QED) is 0.517. The molecule has 2 nitrogen and oxygen atoms in total. The molecule has 0 aliphatic carbocycles. The molecule has 5 heteroatoms. The summed E-state index contributed by atoms with van der Waals surface area (Å²) in [4.78, 5) is 12.6. The molecular formula is C15H8Cl2INO. The molecule has 0 saturated heterocycles. The summed E-state index contributed by atoms with van der Waals surface area (Å²) in [6.45, 7) is 0. The monoisotopic (exact) mass is 415 g/mol. The second-order valence-electron chi connectivity index (χ2n) is 4.04. The van der Waals surface area contributed by atoms with Gasteiger partial charge >= 0.3 is 0 Å². The van der Waals surface area contributed by atoms with Crippen molar-refractivity contribution in [3.8, 4) is 6.07 Å². The van der Waals surface area contributed by atoms with Crippen molar-refractivity contribution >= 4 is 51.6 Å². The van der Waals surface area contributed by atoms with Crippen LogP contribution in [0.5, 0.6) is 0 Å². The van der Waals surface area contributed by atoms with Crippen LogP contribution < -0.4 is 0 Å². The summed E-state index contributed by atoms with van der Waals surface area (Å²) in [7, 11) is 0. The fraction of sp³-hybridized carbons (Fsp3) is 0.0667. The summed E-state index contributed by atoms with van der Waals surface area (Å²) >= 11 is 14.2. The first-order valence-corrected chi connectivity index (χ1v) is 7.52. The number of Topliss-reactive ketones (excluding diaryl/α,β-unsaturated/α-hetero) is 1. The highest BCUT2D eigenvalue weighted by Gasteiger charge is 2.27. The zero-order chi connectivity index (χ0) is 14.7. The van der Waals surface area contributed by atoms with E-state index in [9.17, 15) is 10.1 Å². The molecule has 100 valence electrons. The van der Waals surface area contributed by atoms with Gasteiger partial charge in [-0.2, -0.15) is 5.26 Å². The Morgan fingerprint density at radius 1 is 1.10 bits per heavy atom. The van der Waals surface area contributed by atoms with Crippen LogP contribution in [0, 0.1) is 14.9 Å².